The number of pyridine rings is 1. The van der Waals surface area contributed by atoms with Crippen LogP contribution in [0.1, 0.15) is 74.9 Å². The third-order valence-corrected chi connectivity index (χ3v) is 10.8. The molecule has 0 saturated heterocycles. The maximum Gasteiger partial charge on any atom is 0.395 e. The average Bonchev–Trinajstić information content (AvgIpc) is 3.30. The molecule has 1 radical (unpaired) electrons. The van der Waals surface area contributed by atoms with E-state index in [1.54, 1.807) is 61.7 Å². The van der Waals surface area contributed by atoms with Gasteiger partial charge in [0, 0.05) is 87.6 Å². The molecule has 3 N–H and O–H groups in total. The zero-order valence-electron chi connectivity index (χ0n) is 37.0. The number of carbonyl (C=O) groups is 3. The van der Waals surface area contributed by atoms with Crippen LogP contribution in [-0.2, 0) is 25.3 Å². The van der Waals surface area contributed by atoms with E-state index in [0.717, 1.165) is 38.0 Å². The van der Waals surface area contributed by atoms with Gasteiger partial charge < -0.3 is 49.4 Å². The molecular weight excluding hydrogens is 785 g/mol. The lowest BCUT2D eigenvalue weighted by molar-refractivity contribution is 0.0123. The quantitative estimate of drug-likeness (QED) is 0.0546. The molecule has 0 fully saturated rings. The van der Waals surface area contributed by atoms with E-state index in [0.29, 0.717) is 99.5 Å². The molecule has 0 spiro atoms. The molecule has 1 aliphatic carbocycles. The van der Waals surface area contributed by atoms with Gasteiger partial charge in [0.25, 0.3) is 17.7 Å². The summed E-state index contributed by atoms with van der Waals surface area (Å²) in [5.41, 5.74) is 6.43. The summed E-state index contributed by atoms with van der Waals surface area (Å²) in [7, 11) is 6.84. The molecule has 0 bridgehead atoms. The highest BCUT2D eigenvalue weighted by molar-refractivity contribution is 6.23. The van der Waals surface area contributed by atoms with E-state index in [4.69, 9.17) is 18.9 Å². The first-order valence-corrected chi connectivity index (χ1v) is 21.6. The van der Waals surface area contributed by atoms with Crippen molar-refractivity contribution in [2.45, 2.75) is 39.2 Å². The van der Waals surface area contributed by atoms with Crippen molar-refractivity contribution in [1.82, 2.24) is 25.3 Å². The first-order chi connectivity index (χ1) is 30.2. The fourth-order valence-corrected chi connectivity index (χ4v) is 7.28. The van der Waals surface area contributed by atoms with Crippen LogP contribution in [0.3, 0.4) is 0 Å². The van der Waals surface area contributed by atoms with Crippen LogP contribution in [0, 0.1) is 0 Å². The Kier molecular flexibility index (Phi) is 19.9. The molecule has 15 heteroatoms. The summed E-state index contributed by atoms with van der Waals surface area (Å²) in [5.74, 6) is -0.728. The Labute approximate surface area is 367 Å². The number of fused-ring (bicyclic) bond motifs is 1. The molecular formula is C47H63BN7O7. The standard InChI is InChI=1S/C47H63BN7O7/c1-6-55(7-2)39-18-19-43(41(34-39)44-33-37(20-21-49-44)46(57)51-42-17-11-13-35-12-8-9-16-40(35)42)52-45(56)36-14-10-15-38(32-36)47(58)54(4)24-23-53(3)25-27-61-29-31-62-30-28-60-26-22-50-48-59-5/h8-10,12,14-16,18-21,32-34,42,50H,6-7,11,13,17,22-31H2,1-5H3,(H,51,57)(H,52,56)/t42-/m0/s1. The first-order valence-electron chi connectivity index (χ1n) is 21.6. The van der Waals surface area contributed by atoms with Gasteiger partial charge in [0.15, 0.2) is 0 Å². The predicted molar refractivity (Wildman–Crippen MR) is 245 cm³/mol. The summed E-state index contributed by atoms with van der Waals surface area (Å²) < 4.78 is 21.5. The summed E-state index contributed by atoms with van der Waals surface area (Å²) >= 11 is 0. The maximum atomic E-state index is 13.9. The van der Waals surface area contributed by atoms with Gasteiger partial charge in [-0.05, 0) is 99.8 Å². The molecule has 1 heterocycles. The van der Waals surface area contributed by atoms with Crippen molar-refractivity contribution in [3.8, 4) is 11.3 Å². The number of rotatable bonds is 26. The lowest BCUT2D eigenvalue weighted by Gasteiger charge is -2.26. The van der Waals surface area contributed by atoms with Crippen molar-refractivity contribution in [3.05, 3.63) is 113 Å². The number of aromatic nitrogens is 1. The summed E-state index contributed by atoms with van der Waals surface area (Å²) in [5, 5.41) is 9.28. The fourth-order valence-electron chi connectivity index (χ4n) is 7.28. The molecule has 0 saturated carbocycles. The van der Waals surface area contributed by atoms with Crippen molar-refractivity contribution >= 4 is 36.7 Å². The van der Waals surface area contributed by atoms with Crippen LogP contribution in [0.25, 0.3) is 11.3 Å². The van der Waals surface area contributed by atoms with Crippen LogP contribution in [-0.4, -0.2) is 140 Å². The number of amides is 3. The van der Waals surface area contributed by atoms with Crippen molar-refractivity contribution in [1.29, 1.82) is 0 Å². The largest absolute Gasteiger partial charge is 0.427 e. The van der Waals surface area contributed by atoms with Gasteiger partial charge in [-0.2, -0.15) is 0 Å². The predicted octanol–water partition coefficient (Wildman–Crippen LogP) is 5.48. The summed E-state index contributed by atoms with van der Waals surface area (Å²) in [6.07, 6.45) is 4.53. The summed E-state index contributed by atoms with van der Waals surface area (Å²) in [6, 6.07) is 24.3. The normalized spacial score (nSPS) is 13.4. The van der Waals surface area contributed by atoms with Crippen molar-refractivity contribution in [2.75, 3.05) is 110 Å². The van der Waals surface area contributed by atoms with Crippen LogP contribution in [0.2, 0.25) is 0 Å². The molecule has 1 atom stereocenters. The van der Waals surface area contributed by atoms with Gasteiger partial charge in [-0.15, -0.1) is 0 Å². The Hall–Kier alpha value is -5.16. The van der Waals surface area contributed by atoms with E-state index in [1.807, 2.05) is 37.4 Å². The number of anilines is 2. The third-order valence-electron chi connectivity index (χ3n) is 10.8. The Balaban J connectivity index is 1.15. The van der Waals surface area contributed by atoms with Crippen molar-refractivity contribution < 1.29 is 33.2 Å². The van der Waals surface area contributed by atoms with Gasteiger partial charge in [0.05, 0.1) is 57.1 Å². The number of hydrogen-bond donors (Lipinski definition) is 3. The second-order valence-electron chi connectivity index (χ2n) is 15.2. The summed E-state index contributed by atoms with van der Waals surface area (Å²) in [4.78, 5) is 51.7. The number of nitrogens with zero attached hydrogens (tertiary/aromatic N) is 4. The van der Waals surface area contributed by atoms with Gasteiger partial charge in [0.1, 0.15) is 0 Å². The molecule has 331 valence electrons. The molecule has 0 aliphatic heterocycles. The smallest absolute Gasteiger partial charge is 0.395 e. The Morgan fingerprint density at radius 3 is 2.27 bits per heavy atom. The summed E-state index contributed by atoms with van der Waals surface area (Å²) in [6.45, 7) is 11.4. The number of aryl methyl sites for hydroxylation is 1. The van der Waals surface area contributed by atoms with E-state index in [2.05, 4.69) is 56.6 Å². The minimum absolute atomic E-state index is 0.0630. The van der Waals surface area contributed by atoms with Gasteiger partial charge >= 0.3 is 7.62 Å². The molecule has 3 aromatic carbocycles. The van der Waals surface area contributed by atoms with Gasteiger partial charge in [-0.3, -0.25) is 19.4 Å². The van der Waals surface area contributed by atoms with Gasteiger partial charge in [0.2, 0.25) is 0 Å². The molecule has 1 aromatic heterocycles. The average molecular weight is 849 g/mol. The van der Waals surface area contributed by atoms with Crippen LogP contribution >= 0.6 is 0 Å². The maximum absolute atomic E-state index is 13.9. The van der Waals surface area contributed by atoms with Crippen molar-refractivity contribution in [3.63, 3.8) is 0 Å². The number of likely N-dealkylation sites (N-methyl/N-ethyl adjacent to an activating group) is 2. The molecule has 5 rings (SSSR count). The SMILES string of the molecule is CCN(CC)c1ccc(NC(=O)c2cccc(C(=O)N(C)CCN(C)CCOCCOCCOCCN[B]OC)c2)c(-c2cc(C(=O)N[C@H]3CCCc4ccccc43)ccn2)c1. The van der Waals surface area contributed by atoms with Crippen LogP contribution < -0.4 is 20.8 Å². The van der Waals surface area contributed by atoms with E-state index < -0.39 is 0 Å². The van der Waals surface area contributed by atoms with E-state index in [-0.39, 0.29) is 23.8 Å². The number of ether oxygens (including phenoxy) is 3. The van der Waals surface area contributed by atoms with Crippen LogP contribution in [0.5, 0.6) is 0 Å². The van der Waals surface area contributed by atoms with E-state index in [1.165, 1.54) is 18.7 Å². The Morgan fingerprint density at radius 1 is 0.774 bits per heavy atom. The highest BCUT2D eigenvalue weighted by Crippen LogP contribution is 2.33. The number of carbonyl (C=O) groups excluding carboxylic acids is 3. The molecule has 62 heavy (non-hydrogen) atoms. The molecule has 0 unspecified atom stereocenters. The minimum Gasteiger partial charge on any atom is -0.427 e. The second kappa shape index (κ2) is 25.7. The minimum atomic E-state index is -0.368. The Bertz CT molecular complexity index is 2030. The van der Waals surface area contributed by atoms with E-state index >= 15 is 0 Å². The third kappa shape index (κ3) is 14.5. The topological polar surface area (TPSA) is 147 Å². The van der Waals surface area contributed by atoms with Gasteiger partial charge in [-0.25, -0.2) is 0 Å². The Morgan fingerprint density at radius 2 is 1.50 bits per heavy atom. The fraction of sp³-hybridized carbons (Fsp3) is 0.447. The number of hydrogen-bond acceptors (Lipinski definition) is 11. The van der Waals surface area contributed by atoms with E-state index in [9.17, 15) is 14.4 Å². The highest BCUT2D eigenvalue weighted by Gasteiger charge is 2.23. The monoisotopic (exact) mass is 848 g/mol. The zero-order chi connectivity index (χ0) is 44.1. The van der Waals surface area contributed by atoms with Crippen molar-refractivity contribution in [2.24, 2.45) is 0 Å². The zero-order valence-corrected chi connectivity index (χ0v) is 37.0. The molecule has 3 amide bonds. The molecule has 4 aromatic rings. The lowest BCUT2D eigenvalue weighted by Crippen LogP contribution is -2.36. The molecule has 1 aliphatic rings. The number of benzene rings is 3. The van der Waals surface area contributed by atoms with Crippen LogP contribution in [0.15, 0.2) is 85.1 Å². The van der Waals surface area contributed by atoms with Gasteiger partial charge in [-0.1, -0.05) is 30.3 Å². The molecule has 14 nitrogen and oxygen atoms in total. The highest BCUT2D eigenvalue weighted by atomic mass is 16.5. The second-order valence-corrected chi connectivity index (χ2v) is 15.2. The lowest BCUT2D eigenvalue weighted by atomic mass is 9.87. The van der Waals surface area contributed by atoms with Crippen LogP contribution in [0.4, 0.5) is 11.4 Å². The number of nitrogens with one attached hydrogen (secondary N) is 3. The first kappa shape index (κ1) is 47.9.